The lowest BCUT2D eigenvalue weighted by atomic mass is 10.1. The number of hydrogen-bond donors (Lipinski definition) is 4. The van der Waals surface area contributed by atoms with Gasteiger partial charge in [-0.05, 0) is 23.8 Å². The van der Waals surface area contributed by atoms with E-state index in [0.717, 1.165) is 5.56 Å². The summed E-state index contributed by atoms with van der Waals surface area (Å²) in [4.78, 5) is 0. The van der Waals surface area contributed by atoms with Crippen LogP contribution in [0, 0.1) is 11.3 Å². The van der Waals surface area contributed by atoms with Crippen LogP contribution < -0.4 is 5.32 Å². The first-order valence-electron chi connectivity index (χ1n) is 6.04. The van der Waals surface area contributed by atoms with E-state index < -0.39 is 5.75 Å². The van der Waals surface area contributed by atoms with E-state index in [1.807, 2.05) is 12.1 Å². The fourth-order valence-corrected chi connectivity index (χ4v) is 1.79. The molecule has 0 aromatic heterocycles. The summed E-state index contributed by atoms with van der Waals surface area (Å²) in [6.07, 6.45) is 0. The molecule has 2 rings (SSSR count). The van der Waals surface area contributed by atoms with Gasteiger partial charge in [0, 0.05) is 18.7 Å². The Balaban J connectivity index is 1.96. The zero-order chi connectivity index (χ0) is 14.5. The maximum atomic E-state index is 9.66. The van der Waals surface area contributed by atoms with Crippen LogP contribution in [0.2, 0.25) is 0 Å². The second-order valence-corrected chi connectivity index (χ2v) is 4.35. The number of aromatic hydroxyl groups is 3. The minimum Gasteiger partial charge on any atom is -0.504 e. The summed E-state index contributed by atoms with van der Waals surface area (Å²) in [5.41, 5.74) is 2.11. The van der Waals surface area contributed by atoms with Gasteiger partial charge < -0.3 is 20.6 Å². The molecule has 20 heavy (non-hydrogen) atoms. The molecule has 5 heteroatoms. The van der Waals surface area contributed by atoms with Gasteiger partial charge in [-0.3, -0.25) is 0 Å². The SMILES string of the molecule is N#Cc1ccc(CNCc2ccc(O)c(O)c2O)cc1. The zero-order valence-electron chi connectivity index (χ0n) is 10.7. The Labute approximate surface area is 116 Å². The zero-order valence-corrected chi connectivity index (χ0v) is 10.7. The van der Waals surface area contributed by atoms with Gasteiger partial charge in [0.15, 0.2) is 11.5 Å². The molecule has 0 aliphatic rings. The van der Waals surface area contributed by atoms with Gasteiger partial charge in [0.2, 0.25) is 5.75 Å². The van der Waals surface area contributed by atoms with Crippen LogP contribution in [0.4, 0.5) is 0 Å². The first-order chi connectivity index (χ1) is 9.61. The van der Waals surface area contributed by atoms with Crippen molar-refractivity contribution in [2.24, 2.45) is 0 Å². The average molecular weight is 270 g/mol. The summed E-state index contributed by atoms with van der Waals surface area (Å²) in [5, 5.41) is 40.1. The van der Waals surface area contributed by atoms with Crippen molar-refractivity contribution in [2.45, 2.75) is 13.1 Å². The fraction of sp³-hybridized carbons (Fsp3) is 0.133. The standard InChI is InChI=1S/C15H14N2O3/c16-7-10-1-3-11(4-2-10)8-17-9-12-5-6-13(18)15(20)14(12)19/h1-6,17-20H,8-9H2. The highest BCUT2D eigenvalue weighted by molar-refractivity contribution is 5.53. The number of hydrogen-bond acceptors (Lipinski definition) is 5. The molecule has 0 spiro atoms. The lowest BCUT2D eigenvalue weighted by Gasteiger charge is -2.09. The molecule has 0 atom stereocenters. The topological polar surface area (TPSA) is 96.5 Å². The summed E-state index contributed by atoms with van der Waals surface area (Å²) in [6.45, 7) is 0.909. The lowest BCUT2D eigenvalue weighted by Crippen LogP contribution is -2.12. The van der Waals surface area contributed by atoms with E-state index in [4.69, 9.17) is 5.26 Å². The normalized spacial score (nSPS) is 10.2. The van der Waals surface area contributed by atoms with Crippen LogP contribution in [-0.2, 0) is 13.1 Å². The van der Waals surface area contributed by atoms with Gasteiger partial charge in [0.1, 0.15) is 0 Å². The quantitative estimate of drug-likeness (QED) is 0.637. The Bertz CT molecular complexity index is 645. The smallest absolute Gasteiger partial charge is 0.200 e. The molecule has 0 aliphatic heterocycles. The van der Waals surface area contributed by atoms with Gasteiger partial charge in [-0.25, -0.2) is 0 Å². The molecule has 0 saturated carbocycles. The minimum absolute atomic E-state index is 0.322. The van der Waals surface area contributed by atoms with Gasteiger partial charge in [-0.2, -0.15) is 5.26 Å². The maximum Gasteiger partial charge on any atom is 0.200 e. The molecule has 0 heterocycles. The van der Waals surface area contributed by atoms with Crippen molar-refractivity contribution in [3.05, 3.63) is 53.1 Å². The number of nitrogens with zero attached hydrogens (tertiary/aromatic N) is 1. The fourth-order valence-electron chi connectivity index (χ4n) is 1.79. The van der Waals surface area contributed by atoms with Crippen LogP contribution in [0.15, 0.2) is 36.4 Å². The molecule has 2 aromatic carbocycles. The van der Waals surface area contributed by atoms with Gasteiger partial charge in [0.05, 0.1) is 11.6 Å². The first-order valence-corrected chi connectivity index (χ1v) is 6.04. The van der Waals surface area contributed by atoms with Crippen molar-refractivity contribution >= 4 is 0 Å². The third-order valence-electron chi connectivity index (χ3n) is 2.94. The molecule has 0 fully saturated rings. The summed E-state index contributed by atoms with van der Waals surface area (Å²) < 4.78 is 0. The molecule has 0 amide bonds. The lowest BCUT2D eigenvalue weighted by molar-refractivity contribution is 0.364. The number of benzene rings is 2. The van der Waals surface area contributed by atoms with E-state index in [-0.39, 0.29) is 11.5 Å². The van der Waals surface area contributed by atoms with Crippen molar-refractivity contribution in [2.75, 3.05) is 0 Å². The number of rotatable bonds is 4. The second-order valence-electron chi connectivity index (χ2n) is 4.35. The van der Waals surface area contributed by atoms with E-state index >= 15 is 0 Å². The third-order valence-corrected chi connectivity index (χ3v) is 2.94. The Kier molecular flexibility index (Phi) is 4.08. The van der Waals surface area contributed by atoms with E-state index in [0.29, 0.717) is 24.2 Å². The number of phenolic OH excluding ortho intramolecular Hbond substituents is 3. The summed E-state index contributed by atoms with van der Waals surface area (Å²) >= 11 is 0. The van der Waals surface area contributed by atoms with Crippen LogP contribution in [0.3, 0.4) is 0 Å². The Hall–Kier alpha value is -2.71. The maximum absolute atomic E-state index is 9.66. The van der Waals surface area contributed by atoms with Gasteiger partial charge in [-0.1, -0.05) is 18.2 Å². The minimum atomic E-state index is -0.511. The van der Waals surface area contributed by atoms with E-state index in [9.17, 15) is 15.3 Å². The molecule has 2 aromatic rings. The Morgan fingerprint density at radius 3 is 2.25 bits per heavy atom. The summed E-state index contributed by atoms with van der Waals surface area (Å²) in [7, 11) is 0. The predicted octanol–water partition coefficient (Wildman–Crippen LogP) is 1.96. The number of phenols is 3. The molecule has 0 radical (unpaired) electrons. The Morgan fingerprint density at radius 2 is 1.60 bits per heavy atom. The van der Waals surface area contributed by atoms with Crippen molar-refractivity contribution < 1.29 is 15.3 Å². The average Bonchev–Trinajstić information content (AvgIpc) is 2.48. The van der Waals surface area contributed by atoms with Crippen LogP contribution in [0.5, 0.6) is 17.2 Å². The van der Waals surface area contributed by atoms with Crippen molar-refractivity contribution in [3.63, 3.8) is 0 Å². The molecule has 5 nitrogen and oxygen atoms in total. The molecular formula is C15H14N2O3. The number of nitrogens with one attached hydrogen (secondary N) is 1. The summed E-state index contributed by atoms with van der Waals surface area (Å²) in [5.74, 6) is -1.18. The predicted molar refractivity (Wildman–Crippen MR) is 73.1 cm³/mol. The number of nitriles is 1. The van der Waals surface area contributed by atoms with Gasteiger partial charge in [-0.15, -0.1) is 0 Å². The Morgan fingerprint density at radius 1 is 0.900 bits per heavy atom. The first kappa shape index (κ1) is 13.7. The molecule has 102 valence electrons. The molecule has 0 bridgehead atoms. The van der Waals surface area contributed by atoms with E-state index in [1.165, 1.54) is 12.1 Å². The van der Waals surface area contributed by atoms with Crippen molar-refractivity contribution in [3.8, 4) is 23.3 Å². The largest absolute Gasteiger partial charge is 0.504 e. The molecule has 0 aliphatic carbocycles. The molecule has 4 N–H and O–H groups in total. The van der Waals surface area contributed by atoms with Crippen LogP contribution in [0.1, 0.15) is 16.7 Å². The third kappa shape index (κ3) is 2.99. The van der Waals surface area contributed by atoms with E-state index in [1.54, 1.807) is 12.1 Å². The summed E-state index contributed by atoms with van der Waals surface area (Å²) in [6, 6.07) is 12.1. The molecular weight excluding hydrogens is 256 g/mol. The molecule has 0 unspecified atom stereocenters. The van der Waals surface area contributed by atoms with E-state index in [2.05, 4.69) is 11.4 Å². The van der Waals surface area contributed by atoms with Crippen molar-refractivity contribution in [1.29, 1.82) is 5.26 Å². The highest BCUT2D eigenvalue weighted by Gasteiger charge is 2.10. The van der Waals surface area contributed by atoms with Crippen LogP contribution in [0.25, 0.3) is 0 Å². The molecule has 0 saturated heterocycles. The highest BCUT2D eigenvalue weighted by atomic mass is 16.3. The van der Waals surface area contributed by atoms with Crippen LogP contribution in [-0.4, -0.2) is 15.3 Å². The highest BCUT2D eigenvalue weighted by Crippen LogP contribution is 2.36. The van der Waals surface area contributed by atoms with Crippen molar-refractivity contribution in [1.82, 2.24) is 5.32 Å². The van der Waals surface area contributed by atoms with Crippen LogP contribution >= 0.6 is 0 Å². The van der Waals surface area contributed by atoms with Gasteiger partial charge >= 0.3 is 0 Å². The monoisotopic (exact) mass is 270 g/mol. The van der Waals surface area contributed by atoms with Gasteiger partial charge in [0.25, 0.3) is 0 Å². The second kappa shape index (κ2) is 5.95.